The first kappa shape index (κ1) is 20.1. The van der Waals surface area contributed by atoms with Gasteiger partial charge in [0, 0.05) is 25.2 Å². The minimum Gasteiger partial charge on any atom is -0.463 e. The van der Waals surface area contributed by atoms with Crippen LogP contribution in [0.5, 0.6) is 0 Å². The Morgan fingerprint density at radius 2 is 1.78 bits per heavy atom. The fourth-order valence-electron chi connectivity index (χ4n) is 3.47. The maximum absolute atomic E-state index is 12.7. The molecule has 5 nitrogen and oxygen atoms in total. The van der Waals surface area contributed by atoms with E-state index in [2.05, 4.69) is 17.0 Å². The summed E-state index contributed by atoms with van der Waals surface area (Å²) in [5, 5.41) is 0. The van der Waals surface area contributed by atoms with E-state index in [1.165, 1.54) is 5.56 Å². The summed E-state index contributed by atoms with van der Waals surface area (Å²) in [5.74, 6) is -0.264. The lowest BCUT2D eigenvalue weighted by molar-refractivity contribution is -0.139. The highest BCUT2D eigenvalue weighted by Crippen LogP contribution is 2.40. The maximum atomic E-state index is 12.7. The van der Waals surface area contributed by atoms with Gasteiger partial charge in [-0.25, -0.2) is 4.79 Å². The van der Waals surface area contributed by atoms with Crippen molar-refractivity contribution >= 4 is 13.1 Å². The molecule has 1 aromatic rings. The van der Waals surface area contributed by atoms with Gasteiger partial charge in [0.05, 0.1) is 17.8 Å². The third kappa shape index (κ3) is 4.28. The predicted molar refractivity (Wildman–Crippen MR) is 106 cm³/mol. The number of carbonyl (C=O) groups excluding carboxylic acids is 1. The Hall–Kier alpha value is -1.63. The van der Waals surface area contributed by atoms with Crippen LogP contribution in [0.2, 0.25) is 0 Å². The summed E-state index contributed by atoms with van der Waals surface area (Å²) in [5.41, 5.74) is 1.99. The molecule has 0 aliphatic carbocycles. The number of esters is 1. The zero-order chi connectivity index (χ0) is 19.7. The van der Waals surface area contributed by atoms with Gasteiger partial charge in [-0.2, -0.15) is 0 Å². The Morgan fingerprint density at radius 3 is 2.37 bits per heavy atom. The minimum atomic E-state index is -0.492. The lowest BCUT2D eigenvalue weighted by Gasteiger charge is -2.32. The van der Waals surface area contributed by atoms with Crippen molar-refractivity contribution in [2.24, 2.45) is 0 Å². The number of hydrogen-bond acceptors (Lipinski definition) is 5. The molecular weight excluding hydrogens is 341 g/mol. The van der Waals surface area contributed by atoms with E-state index in [1.807, 2.05) is 52.8 Å². The third-order valence-electron chi connectivity index (χ3n) is 5.78. The van der Waals surface area contributed by atoms with Crippen LogP contribution in [0.4, 0.5) is 0 Å². The molecule has 146 valence electrons. The first-order valence-electron chi connectivity index (χ1n) is 9.74. The smallest absolute Gasteiger partial charge is 0.463 e. The summed E-state index contributed by atoms with van der Waals surface area (Å²) < 4.78 is 17.8. The molecule has 0 radical (unpaired) electrons. The molecular formula is C21H30BNO4. The Morgan fingerprint density at radius 1 is 1.15 bits per heavy atom. The average Bonchev–Trinajstić information content (AvgIpc) is 2.83. The molecule has 0 unspecified atom stereocenters. The number of rotatable bonds is 5. The van der Waals surface area contributed by atoms with Crippen molar-refractivity contribution in [1.29, 1.82) is 0 Å². The number of nitrogens with zero attached hydrogens (tertiary/aromatic N) is 1. The number of carbonyl (C=O) groups is 1. The Bertz CT molecular complexity index is 698. The normalized spacial score (nSPS) is 22.2. The van der Waals surface area contributed by atoms with Crippen LogP contribution >= 0.6 is 0 Å². The van der Waals surface area contributed by atoms with Gasteiger partial charge in [-0.05, 0) is 52.1 Å². The van der Waals surface area contributed by atoms with Gasteiger partial charge in [0.2, 0.25) is 0 Å². The van der Waals surface area contributed by atoms with Gasteiger partial charge in [0.15, 0.2) is 0 Å². The van der Waals surface area contributed by atoms with Crippen molar-refractivity contribution in [3.05, 3.63) is 46.9 Å². The second-order valence-electron chi connectivity index (χ2n) is 8.26. The van der Waals surface area contributed by atoms with Crippen LogP contribution < -0.4 is 0 Å². The third-order valence-corrected chi connectivity index (χ3v) is 5.78. The summed E-state index contributed by atoms with van der Waals surface area (Å²) >= 11 is 0. The van der Waals surface area contributed by atoms with Crippen LogP contribution in [-0.2, 0) is 25.4 Å². The van der Waals surface area contributed by atoms with Crippen LogP contribution in [0.15, 0.2) is 41.4 Å². The first-order valence-corrected chi connectivity index (χ1v) is 9.74. The fourth-order valence-corrected chi connectivity index (χ4v) is 3.47. The van der Waals surface area contributed by atoms with E-state index in [9.17, 15) is 4.79 Å². The molecule has 0 atom stereocenters. The first-order chi connectivity index (χ1) is 12.7. The van der Waals surface area contributed by atoms with E-state index in [0.29, 0.717) is 18.7 Å². The molecule has 1 saturated heterocycles. The van der Waals surface area contributed by atoms with Crippen LogP contribution in [0.3, 0.4) is 0 Å². The molecule has 1 fully saturated rings. The molecule has 0 spiro atoms. The second-order valence-corrected chi connectivity index (χ2v) is 8.26. The Balaban J connectivity index is 1.83. The SMILES string of the molecule is CCOC(=O)C1=C(B2OC(C)(C)C(C)(C)O2)CCN(Cc2ccccc2)C1. The highest BCUT2D eigenvalue weighted by molar-refractivity contribution is 6.55. The molecule has 3 rings (SSSR count). The summed E-state index contributed by atoms with van der Waals surface area (Å²) in [7, 11) is -0.492. The summed E-state index contributed by atoms with van der Waals surface area (Å²) in [4.78, 5) is 14.9. The fraction of sp³-hybridized carbons (Fsp3) is 0.571. The van der Waals surface area contributed by atoms with Crippen molar-refractivity contribution in [2.45, 2.75) is 58.8 Å². The highest BCUT2D eigenvalue weighted by atomic mass is 16.7. The molecule has 0 amide bonds. The average molecular weight is 371 g/mol. The second kappa shape index (κ2) is 7.78. The van der Waals surface area contributed by atoms with Gasteiger partial charge in [-0.15, -0.1) is 0 Å². The minimum absolute atomic E-state index is 0.264. The standard InChI is InChI=1S/C21H30BNO4/c1-6-25-19(24)17-15-23(14-16-10-8-7-9-11-16)13-12-18(17)22-26-20(2,3)21(4,5)27-22/h7-11H,6,12-15H2,1-5H3. The topological polar surface area (TPSA) is 48.0 Å². The lowest BCUT2D eigenvalue weighted by Crippen LogP contribution is -2.41. The summed E-state index contributed by atoms with van der Waals surface area (Å²) in [6.45, 7) is 12.5. The zero-order valence-electron chi connectivity index (χ0n) is 17.1. The molecule has 0 aromatic heterocycles. The van der Waals surface area contributed by atoms with E-state index in [0.717, 1.165) is 25.0 Å². The summed E-state index contributed by atoms with van der Waals surface area (Å²) in [6, 6.07) is 10.3. The monoisotopic (exact) mass is 371 g/mol. The van der Waals surface area contributed by atoms with Crippen LogP contribution in [0.1, 0.15) is 46.6 Å². The van der Waals surface area contributed by atoms with Crippen molar-refractivity contribution in [3.8, 4) is 0 Å². The van der Waals surface area contributed by atoms with Crippen molar-refractivity contribution in [1.82, 2.24) is 4.90 Å². The van der Waals surface area contributed by atoms with Gasteiger partial charge in [-0.3, -0.25) is 4.90 Å². The van der Waals surface area contributed by atoms with Crippen molar-refractivity contribution in [3.63, 3.8) is 0 Å². The van der Waals surface area contributed by atoms with E-state index in [1.54, 1.807) is 0 Å². The van der Waals surface area contributed by atoms with Crippen molar-refractivity contribution < 1.29 is 18.8 Å². The zero-order valence-corrected chi connectivity index (χ0v) is 17.1. The van der Waals surface area contributed by atoms with Gasteiger partial charge in [0.25, 0.3) is 0 Å². The molecule has 1 aromatic carbocycles. The van der Waals surface area contributed by atoms with Gasteiger partial charge in [-0.1, -0.05) is 30.3 Å². The molecule has 2 aliphatic heterocycles. The van der Waals surface area contributed by atoms with E-state index < -0.39 is 18.3 Å². The molecule has 6 heteroatoms. The quantitative estimate of drug-likeness (QED) is 0.587. The molecule has 2 heterocycles. The summed E-state index contributed by atoms with van der Waals surface area (Å²) in [6.07, 6.45) is 0.734. The van der Waals surface area contributed by atoms with Gasteiger partial charge < -0.3 is 14.0 Å². The highest BCUT2D eigenvalue weighted by Gasteiger charge is 2.53. The number of ether oxygens (including phenoxy) is 1. The lowest BCUT2D eigenvalue weighted by atomic mass is 9.71. The van der Waals surface area contributed by atoms with Gasteiger partial charge >= 0.3 is 13.1 Å². The maximum Gasteiger partial charge on any atom is 0.491 e. The molecule has 0 N–H and O–H groups in total. The Labute approximate surface area is 162 Å². The predicted octanol–water partition coefficient (Wildman–Crippen LogP) is 3.38. The van der Waals surface area contributed by atoms with Crippen LogP contribution in [-0.4, -0.2) is 48.9 Å². The van der Waals surface area contributed by atoms with Crippen molar-refractivity contribution in [2.75, 3.05) is 19.7 Å². The molecule has 27 heavy (non-hydrogen) atoms. The van der Waals surface area contributed by atoms with Gasteiger partial charge in [0.1, 0.15) is 0 Å². The largest absolute Gasteiger partial charge is 0.491 e. The Kier molecular flexibility index (Phi) is 5.80. The van der Waals surface area contributed by atoms with Crippen LogP contribution in [0.25, 0.3) is 0 Å². The molecule has 0 saturated carbocycles. The molecule has 0 bridgehead atoms. The van der Waals surface area contributed by atoms with Crippen LogP contribution in [0, 0.1) is 0 Å². The number of hydrogen-bond donors (Lipinski definition) is 0. The van der Waals surface area contributed by atoms with E-state index in [-0.39, 0.29) is 5.97 Å². The van der Waals surface area contributed by atoms with E-state index in [4.69, 9.17) is 14.0 Å². The van der Waals surface area contributed by atoms with E-state index >= 15 is 0 Å². The number of benzene rings is 1. The molecule has 2 aliphatic rings.